The first-order valence-electron chi connectivity index (χ1n) is 7.17. The maximum absolute atomic E-state index is 12.1. The predicted octanol–water partition coefficient (Wildman–Crippen LogP) is 3.53. The van der Waals surface area contributed by atoms with Gasteiger partial charge in [-0.05, 0) is 49.4 Å². The van der Waals surface area contributed by atoms with Crippen LogP contribution >= 0.6 is 11.6 Å². The number of rotatable bonds is 7. The van der Waals surface area contributed by atoms with Gasteiger partial charge in [0.2, 0.25) is 5.91 Å². The molecule has 3 N–H and O–H groups in total. The second-order valence-corrected chi connectivity index (χ2v) is 6.22. The molecule has 112 valence electrons. The number of nitrogens with one attached hydrogen (secondary N) is 1. The fourth-order valence-corrected chi connectivity index (χ4v) is 2.55. The molecule has 0 radical (unpaired) electrons. The number of benzene rings is 1. The van der Waals surface area contributed by atoms with Crippen molar-refractivity contribution in [1.82, 2.24) is 5.32 Å². The summed E-state index contributed by atoms with van der Waals surface area (Å²) in [6.45, 7) is 6.81. The van der Waals surface area contributed by atoms with Crippen LogP contribution in [0.25, 0.3) is 0 Å². The summed E-state index contributed by atoms with van der Waals surface area (Å²) < 4.78 is 0. The van der Waals surface area contributed by atoms with Crippen molar-refractivity contribution < 1.29 is 4.79 Å². The van der Waals surface area contributed by atoms with Gasteiger partial charge in [0.05, 0.1) is 6.04 Å². The van der Waals surface area contributed by atoms with E-state index in [2.05, 4.69) is 19.2 Å². The smallest absolute Gasteiger partial charge is 0.220 e. The summed E-state index contributed by atoms with van der Waals surface area (Å²) in [6.07, 6.45) is 1.47. The Morgan fingerprint density at radius 2 is 2.05 bits per heavy atom. The molecule has 2 atom stereocenters. The van der Waals surface area contributed by atoms with E-state index in [1.807, 2.05) is 31.2 Å². The topological polar surface area (TPSA) is 55.1 Å². The molecule has 3 nitrogen and oxygen atoms in total. The number of amides is 1. The minimum absolute atomic E-state index is 0.0429. The average Bonchev–Trinajstić information content (AvgIpc) is 2.37. The molecular weight excluding hydrogens is 272 g/mol. The van der Waals surface area contributed by atoms with Crippen LogP contribution in [0.3, 0.4) is 0 Å². The van der Waals surface area contributed by atoms with Crippen LogP contribution in [0.5, 0.6) is 0 Å². The molecule has 0 fully saturated rings. The van der Waals surface area contributed by atoms with Crippen LogP contribution in [0.4, 0.5) is 0 Å². The van der Waals surface area contributed by atoms with Crippen molar-refractivity contribution in [2.45, 2.75) is 39.7 Å². The highest BCUT2D eigenvalue weighted by Crippen LogP contribution is 2.19. The predicted molar refractivity (Wildman–Crippen MR) is 84.6 cm³/mol. The molecule has 20 heavy (non-hydrogen) atoms. The van der Waals surface area contributed by atoms with E-state index in [1.165, 1.54) is 0 Å². The molecule has 0 aliphatic carbocycles. The zero-order valence-corrected chi connectivity index (χ0v) is 13.3. The lowest BCUT2D eigenvalue weighted by molar-refractivity contribution is -0.122. The molecule has 1 aromatic carbocycles. The summed E-state index contributed by atoms with van der Waals surface area (Å²) >= 11 is 5.96. The van der Waals surface area contributed by atoms with Crippen LogP contribution in [0, 0.1) is 11.8 Å². The molecule has 0 bridgehead atoms. The van der Waals surface area contributed by atoms with Gasteiger partial charge in [-0.15, -0.1) is 0 Å². The van der Waals surface area contributed by atoms with Gasteiger partial charge < -0.3 is 11.1 Å². The zero-order chi connectivity index (χ0) is 15.1. The van der Waals surface area contributed by atoms with Gasteiger partial charge in [-0.1, -0.05) is 37.6 Å². The van der Waals surface area contributed by atoms with Gasteiger partial charge in [0.1, 0.15) is 0 Å². The van der Waals surface area contributed by atoms with Crippen LogP contribution in [-0.4, -0.2) is 12.5 Å². The lowest BCUT2D eigenvalue weighted by Gasteiger charge is -2.19. The number of carbonyl (C=O) groups is 1. The second kappa shape index (κ2) is 8.28. The highest BCUT2D eigenvalue weighted by Gasteiger charge is 2.16. The fourth-order valence-electron chi connectivity index (χ4n) is 2.35. The highest BCUT2D eigenvalue weighted by molar-refractivity contribution is 6.30. The van der Waals surface area contributed by atoms with Gasteiger partial charge in [-0.2, -0.15) is 0 Å². The zero-order valence-electron chi connectivity index (χ0n) is 12.5. The Balaban J connectivity index is 2.53. The summed E-state index contributed by atoms with van der Waals surface area (Å²) in [6, 6.07) is 7.51. The molecule has 1 aromatic rings. The first-order chi connectivity index (χ1) is 9.42. The lowest BCUT2D eigenvalue weighted by Crippen LogP contribution is -2.30. The maximum atomic E-state index is 12.1. The highest BCUT2D eigenvalue weighted by atomic mass is 35.5. The van der Waals surface area contributed by atoms with Crippen LogP contribution < -0.4 is 11.1 Å². The fraction of sp³-hybridized carbons (Fsp3) is 0.562. The van der Waals surface area contributed by atoms with Crippen molar-refractivity contribution in [3.8, 4) is 0 Å². The Labute approximate surface area is 126 Å². The van der Waals surface area contributed by atoms with Crippen molar-refractivity contribution in [1.29, 1.82) is 0 Å². The maximum Gasteiger partial charge on any atom is 0.220 e. The second-order valence-electron chi connectivity index (χ2n) is 5.78. The molecule has 0 saturated heterocycles. The Hall–Kier alpha value is -1.06. The molecule has 0 spiro atoms. The summed E-state index contributed by atoms with van der Waals surface area (Å²) in [4.78, 5) is 12.1. The summed E-state index contributed by atoms with van der Waals surface area (Å²) in [5, 5.41) is 3.69. The third-order valence-corrected chi connectivity index (χ3v) is 3.57. The Kier molecular flexibility index (Phi) is 7.03. The molecule has 1 unspecified atom stereocenters. The van der Waals surface area contributed by atoms with E-state index in [9.17, 15) is 4.79 Å². The Bertz CT molecular complexity index is 434. The van der Waals surface area contributed by atoms with E-state index in [1.54, 1.807) is 0 Å². The number of carbonyl (C=O) groups excluding carboxylic acids is 1. The van der Waals surface area contributed by atoms with E-state index < -0.39 is 0 Å². The van der Waals surface area contributed by atoms with Crippen LogP contribution in [0.2, 0.25) is 5.02 Å². The standard InChI is InChI=1S/C16H25ClN2O/c1-11(2)7-13(10-18)8-16(20)19-12(3)14-5-4-6-15(17)9-14/h4-6,9,11-13H,7-8,10,18H2,1-3H3,(H,19,20)/t12-,13?/m0/s1. The van der Waals surface area contributed by atoms with Crippen LogP contribution in [0.1, 0.15) is 45.2 Å². The van der Waals surface area contributed by atoms with E-state index in [0.717, 1.165) is 12.0 Å². The molecule has 0 saturated carbocycles. The quantitative estimate of drug-likeness (QED) is 0.809. The Morgan fingerprint density at radius 1 is 1.35 bits per heavy atom. The lowest BCUT2D eigenvalue weighted by atomic mass is 9.94. The van der Waals surface area contributed by atoms with Gasteiger partial charge in [0, 0.05) is 11.4 Å². The summed E-state index contributed by atoms with van der Waals surface area (Å²) in [5.74, 6) is 0.858. The van der Waals surface area contributed by atoms with Crippen LogP contribution in [-0.2, 0) is 4.79 Å². The van der Waals surface area contributed by atoms with Crippen molar-refractivity contribution in [2.24, 2.45) is 17.6 Å². The van der Waals surface area contributed by atoms with Gasteiger partial charge in [0.15, 0.2) is 0 Å². The Morgan fingerprint density at radius 3 is 2.60 bits per heavy atom. The van der Waals surface area contributed by atoms with Gasteiger partial charge in [-0.3, -0.25) is 4.79 Å². The molecule has 0 aromatic heterocycles. The van der Waals surface area contributed by atoms with Gasteiger partial charge in [-0.25, -0.2) is 0 Å². The van der Waals surface area contributed by atoms with E-state index in [0.29, 0.717) is 23.9 Å². The number of halogens is 1. The van der Waals surface area contributed by atoms with E-state index in [4.69, 9.17) is 17.3 Å². The van der Waals surface area contributed by atoms with Gasteiger partial charge >= 0.3 is 0 Å². The van der Waals surface area contributed by atoms with Crippen molar-refractivity contribution in [3.63, 3.8) is 0 Å². The average molecular weight is 297 g/mol. The summed E-state index contributed by atoms with van der Waals surface area (Å²) in [7, 11) is 0. The first-order valence-corrected chi connectivity index (χ1v) is 7.55. The molecule has 1 rings (SSSR count). The minimum atomic E-state index is -0.0429. The molecule has 1 amide bonds. The monoisotopic (exact) mass is 296 g/mol. The van der Waals surface area contributed by atoms with E-state index in [-0.39, 0.29) is 17.9 Å². The summed E-state index contributed by atoms with van der Waals surface area (Å²) in [5.41, 5.74) is 6.75. The van der Waals surface area contributed by atoms with Crippen molar-refractivity contribution in [3.05, 3.63) is 34.9 Å². The minimum Gasteiger partial charge on any atom is -0.350 e. The van der Waals surface area contributed by atoms with Crippen molar-refractivity contribution in [2.75, 3.05) is 6.54 Å². The number of hydrogen-bond acceptors (Lipinski definition) is 2. The van der Waals surface area contributed by atoms with E-state index >= 15 is 0 Å². The SMILES string of the molecule is CC(C)CC(CN)CC(=O)N[C@@H](C)c1cccc(Cl)c1. The normalized spacial score (nSPS) is 14.1. The number of nitrogens with two attached hydrogens (primary N) is 1. The third-order valence-electron chi connectivity index (χ3n) is 3.34. The largest absolute Gasteiger partial charge is 0.350 e. The van der Waals surface area contributed by atoms with Gasteiger partial charge in [0.25, 0.3) is 0 Å². The molecule has 0 aliphatic rings. The van der Waals surface area contributed by atoms with Crippen LogP contribution in [0.15, 0.2) is 24.3 Å². The third kappa shape index (κ3) is 5.93. The first kappa shape index (κ1) is 17.0. The molecule has 0 heterocycles. The molecular formula is C16H25ClN2O. The van der Waals surface area contributed by atoms with Crippen molar-refractivity contribution >= 4 is 17.5 Å². The molecule has 0 aliphatic heterocycles. The molecule has 4 heteroatoms. The number of hydrogen-bond donors (Lipinski definition) is 2.